The highest BCUT2D eigenvalue weighted by molar-refractivity contribution is 6.55. The van der Waals surface area contributed by atoms with Crippen molar-refractivity contribution in [2.75, 3.05) is 13.2 Å². The van der Waals surface area contributed by atoms with Crippen LogP contribution in [0.5, 0.6) is 11.6 Å². The fourth-order valence-corrected chi connectivity index (χ4v) is 3.73. The van der Waals surface area contributed by atoms with Crippen LogP contribution >= 0.6 is 46.4 Å². The standard InChI is InChI=1S/C22H18Cl4F4N2O3/c23-15-10-17(27)19(33-6-4-20(25)26)9-14(15)18-8-13(35-32-18)3-1-2-5-34-21-16(24)7-12(11-31-21)22(28,29)30/h4,7,9-11,13H,1-3,5-6,8H2. The molecule has 1 aromatic carbocycles. The number of hydrogen-bond donors (Lipinski definition) is 0. The summed E-state index contributed by atoms with van der Waals surface area (Å²) in [6, 6.07) is 3.34. The van der Waals surface area contributed by atoms with Gasteiger partial charge in [0.2, 0.25) is 5.88 Å². The van der Waals surface area contributed by atoms with Gasteiger partial charge in [0.15, 0.2) is 11.6 Å². The molecule has 0 saturated heterocycles. The number of ether oxygens (including phenoxy) is 2. The van der Waals surface area contributed by atoms with Crippen LogP contribution in [0, 0.1) is 5.82 Å². The Morgan fingerprint density at radius 1 is 1.11 bits per heavy atom. The molecule has 0 fully saturated rings. The number of hydrogen-bond acceptors (Lipinski definition) is 5. The van der Waals surface area contributed by atoms with E-state index in [1.54, 1.807) is 0 Å². The largest absolute Gasteiger partial charge is 0.486 e. The Balaban J connectivity index is 1.46. The topological polar surface area (TPSA) is 52.9 Å². The molecule has 3 rings (SSSR count). The molecule has 2 heterocycles. The van der Waals surface area contributed by atoms with Crippen molar-refractivity contribution in [3.63, 3.8) is 0 Å². The van der Waals surface area contributed by atoms with Gasteiger partial charge in [-0.15, -0.1) is 0 Å². The molecule has 0 bridgehead atoms. The van der Waals surface area contributed by atoms with Gasteiger partial charge < -0.3 is 14.3 Å². The molecule has 1 aliphatic rings. The summed E-state index contributed by atoms with van der Waals surface area (Å²) in [5.41, 5.74) is 0.0890. The van der Waals surface area contributed by atoms with E-state index in [0.717, 1.165) is 12.1 Å². The first-order valence-electron chi connectivity index (χ1n) is 10.3. The summed E-state index contributed by atoms with van der Waals surface area (Å²) in [4.78, 5) is 9.09. The highest BCUT2D eigenvalue weighted by Gasteiger charge is 2.32. The Bertz CT molecular complexity index is 1110. The van der Waals surface area contributed by atoms with E-state index in [4.69, 9.17) is 60.7 Å². The third kappa shape index (κ3) is 8.03. The summed E-state index contributed by atoms with van der Waals surface area (Å²) in [6.07, 6.45) is -0.358. The second-order valence-corrected chi connectivity index (χ2v) is 9.21. The van der Waals surface area contributed by atoms with Crippen LogP contribution in [0.1, 0.15) is 36.8 Å². The van der Waals surface area contributed by atoms with Gasteiger partial charge in [0.25, 0.3) is 0 Å². The van der Waals surface area contributed by atoms with Crippen molar-refractivity contribution in [1.29, 1.82) is 0 Å². The van der Waals surface area contributed by atoms with E-state index >= 15 is 0 Å². The molecule has 35 heavy (non-hydrogen) atoms. The molecule has 1 unspecified atom stereocenters. The smallest absolute Gasteiger partial charge is 0.417 e. The normalized spacial score (nSPS) is 15.4. The maximum Gasteiger partial charge on any atom is 0.417 e. The fraction of sp³-hybridized carbons (Fsp3) is 0.364. The summed E-state index contributed by atoms with van der Waals surface area (Å²) in [5, 5.41) is 4.02. The summed E-state index contributed by atoms with van der Waals surface area (Å²) in [7, 11) is 0. The number of rotatable bonds is 10. The molecule has 2 aromatic rings. The first kappa shape index (κ1) is 27.6. The van der Waals surface area contributed by atoms with Gasteiger partial charge in [0.1, 0.15) is 22.2 Å². The van der Waals surface area contributed by atoms with Crippen LogP contribution in [0.3, 0.4) is 0 Å². The van der Waals surface area contributed by atoms with E-state index in [2.05, 4.69) is 10.1 Å². The molecular weight excluding hydrogens is 558 g/mol. The fourth-order valence-electron chi connectivity index (χ4n) is 3.13. The van der Waals surface area contributed by atoms with Gasteiger partial charge in [-0.25, -0.2) is 9.37 Å². The van der Waals surface area contributed by atoms with Crippen molar-refractivity contribution in [1.82, 2.24) is 4.98 Å². The van der Waals surface area contributed by atoms with E-state index in [-0.39, 0.29) is 45.5 Å². The van der Waals surface area contributed by atoms with E-state index in [1.807, 2.05) is 0 Å². The first-order chi connectivity index (χ1) is 16.5. The highest BCUT2D eigenvalue weighted by Crippen LogP contribution is 2.33. The third-order valence-corrected chi connectivity index (χ3v) is 5.73. The quantitative estimate of drug-likeness (QED) is 0.213. The van der Waals surface area contributed by atoms with Gasteiger partial charge in [-0.05, 0) is 43.5 Å². The van der Waals surface area contributed by atoms with Crippen LogP contribution in [-0.4, -0.2) is 30.0 Å². The maximum atomic E-state index is 14.1. The second kappa shape index (κ2) is 12.3. The van der Waals surface area contributed by atoms with Gasteiger partial charge in [0.05, 0.1) is 22.9 Å². The molecule has 5 nitrogen and oxygen atoms in total. The van der Waals surface area contributed by atoms with Gasteiger partial charge in [0, 0.05) is 18.2 Å². The van der Waals surface area contributed by atoms with Gasteiger partial charge in [-0.3, -0.25) is 0 Å². The average Bonchev–Trinajstić information content (AvgIpc) is 3.23. The maximum absolute atomic E-state index is 14.1. The monoisotopic (exact) mass is 574 g/mol. The molecule has 1 atom stereocenters. The number of nitrogens with zero attached hydrogens (tertiary/aromatic N) is 2. The Hall–Kier alpha value is -1.94. The Morgan fingerprint density at radius 3 is 2.57 bits per heavy atom. The van der Waals surface area contributed by atoms with Crippen LogP contribution in [-0.2, 0) is 11.0 Å². The number of alkyl halides is 3. The zero-order valence-corrected chi connectivity index (χ0v) is 20.9. The van der Waals surface area contributed by atoms with Crippen LogP contribution in [0.25, 0.3) is 0 Å². The zero-order valence-electron chi connectivity index (χ0n) is 17.8. The number of unbranched alkanes of at least 4 members (excludes halogenated alkanes) is 1. The minimum Gasteiger partial charge on any atom is -0.486 e. The summed E-state index contributed by atoms with van der Waals surface area (Å²) >= 11 is 23.0. The molecular formula is C22H18Cl4F4N2O3. The SMILES string of the molecule is Fc1cc(Cl)c(C2=NOC(CCCCOc3ncc(C(F)(F)F)cc3Cl)C2)cc1OCC=C(Cl)Cl. The van der Waals surface area contributed by atoms with Crippen LogP contribution in [0.4, 0.5) is 17.6 Å². The Labute approximate surface area is 218 Å². The Morgan fingerprint density at radius 2 is 1.89 bits per heavy atom. The minimum atomic E-state index is -4.53. The van der Waals surface area contributed by atoms with Gasteiger partial charge in [-0.2, -0.15) is 13.2 Å². The molecule has 0 spiro atoms. The number of halogens is 8. The lowest BCUT2D eigenvalue weighted by Crippen LogP contribution is -2.10. The van der Waals surface area contributed by atoms with Crippen LogP contribution < -0.4 is 9.47 Å². The van der Waals surface area contributed by atoms with Crippen LogP contribution in [0.2, 0.25) is 10.0 Å². The van der Waals surface area contributed by atoms with Crippen molar-refractivity contribution in [2.24, 2.45) is 5.16 Å². The van der Waals surface area contributed by atoms with E-state index in [0.29, 0.717) is 43.2 Å². The molecule has 1 aliphatic heterocycles. The lowest BCUT2D eigenvalue weighted by molar-refractivity contribution is -0.137. The molecule has 190 valence electrons. The number of benzene rings is 1. The van der Waals surface area contributed by atoms with Crippen molar-refractivity contribution in [3.8, 4) is 11.6 Å². The molecule has 0 radical (unpaired) electrons. The van der Waals surface area contributed by atoms with Crippen molar-refractivity contribution in [3.05, 3.63) is 62.0 Å². The molecule has 0 saturated carbocycles. The molecule has 1 aromatic heterocycles. The second-order valence-electron chi connectivity index (χ2n) is 7.39. The first-order valence-corrected chi connectivity index (χ1v) is 11.8. The lowest BCUT2D eigenvalue weighted by atomic mass is 10.0. The lowest BCUT2D eigenvalue weighted by Gasteiger charge is -2.11. The van der Waals surface area contributed by atoms with Gasteiger partial charge >= 0.3 is 6.18 Å². The third-order valence-electron chi connectivity index (χ3n) is 4.84. The predicted molar refractivity (Wildman–Crippen MR) is 126 cm³/mol. The number of pyridine rings is 1. The Kier molecular flexibility index (Phi) is 9.75. The number of oxime groups is 1. The van der Waals surface area contributed by atoms with Crippen molar-refractivity contribution < 1.29 is 31.9 Å². The molecule has 0 N–H and O–H groups in total. The van der Waals surface area contributed by atoms with Crippen molar-refractivity contribution >= 4 is 52.1 Å². The highest BCUT2D eigenvalue weighted by atomic mass is 35.5. The molecule has 0 amide bonds. The minimum absolute atomic E-state index is 0.000116. The van der Waals surface area contributed by atoms with E-state index in [9.17, 15) is 17.6 Å². The predicted octanol–water partition coefficient (Wildman–Crippen LogP) is 7.99. The zero-order chi connectivity index (χ0) is 25.6. The van der Waals surface area contributed by atoms with Gasteiger partial charge in [-0.1, -0.05) is 51.6 Å². The molecule has 13 heteroatoms. The number of aromatic nitrogens is 1. The van der Waals surface area contributed by atoms with Crippen LogP contribution in [0.15, 0.2) is 40.1 Å². The average molecular weight is 576 g/mol. The van der Waals surface area contributed by atoms with E-state index < -0.39 is 17.6 Å². The van der Waals surface area contributed by atoms with E-state index in [1.165, 1.54) is 12.1 Å². The summed E-state index contributed by atoms with van der Waals surface area (Å²) < 4.78 is 62.9. The summed E-state index contributed by atoms with van der Waals surface area (Å²) in [6.45, 7) is 0.185. The summed E-state index contributed by atoms with van der Waals surface area (Å²) in [5.74, 6) is -0.735. The van der Waals surface area contributed by atoms with Crippen molar-refractivity contribution in [2.45, 2.75) is 38.0 Å². The molecule has 0 aliphatic carbocycles.